The zero-order valence-electron chi connectivity index (χ0n) is 11.5. The number of aryl methyl sites for hydroxylation is 1. The summed E-state index contributed by atoms with van der Waals surface area (Å²) in [5, 5.41) is 4.21. The smallest absolute Gasteiger partial charge is 0.144 e. The van der Waals surface area contributed by atoms with Crippen molar-refractivity contribution in [3.63, 3.8) is 0 Å². The molecule has 0 fully saturated rings. The molecule has 0 aliphatic heterocycles. The van der Waals surface area contributed by atoms with E-state index in [1.165, 1.54) is 0 Å². The molecule has 0 radical (unpaired) electrons. The van der Waals surface area contributed by atoms with Crippen LogP contribution in [-0.2, 0) is 17.8 Å². The highest BCUT2D eigenvalue weighted by atomic mass is 16.1. The normalized spacial score (nSPS) is 12.3. The number of carbonyl (C=O) groups is 1. The zero-order chi connectivity index (χ0) is 13.7. The van der Waals surface area contributed by atoms with Gasteiger partial charge in [0, 0.05) is 25.1 Å². The highest BCUT2D eigenvalue weighted by Crippen LogP contribution is 2.22. The van der Waals surface area contributed by atoms with Crippen LogP contribution < -0.4 is 0 Å². The second-order valence-corrected chi connectivity index (χ2v) is 4.72. The lowest BCUT2D eigenvalue weighted by molar-refractivity contribution is -0.119. The molecule has 0 aliphatic carbocycles. The summed E-state index contributed by atoms with van der Waals surface area (Å²) in [6, 6.07) is 10.0. The van der Waals surface area contributed by atoms with Gasteiger partial charge < -0.3 is 0 Å². The Morgan fingerprint density at radius 3 is 2.58 bits per heavy atom. The third kappa shape index (κ3) is 3.31. The van der Waals surface area contributed by atoms with Crippen molar-refractivity contribution in [3.8, 4) is 0 Å². The Hall–Kier alpha value is -1.90. The molecule has 0 spiro atoms. The van der Waals surface area contributed by atoms with Crippen LogP contribution in [0, 0.1) is 0 Å². The van der Waals surface area contributed by atoms with Crippen molar-refractivity contribution in [1.29, 1.82) is 0 Å². The third-order valence-electron chi connectivity index (χ3n) is 3.39. The molecular weight excluding hydrogens is 236 g/mol. The van der Waals surface area contributed by atoms with Gasteiger partial charge in [-0.3, -0.25) is 9.48 Å². The predicted octanol–water partition coefficient (Wildman–Crippen LogP) is 3.21. The molecule has 0 amide bonds. The average Bonchev–Trinajstić information content (AvgIpc) is 2.88. The summed E-state index contributed by atoms with van der Waals surface area (Å²) in [5.74, 6) is 0.260. The molecule has 19 heavy (non-hydrogen) atoms. The number of hydrogen-bond donors (Lipinski definition) is 0. The van der Waals surface area contributed by atoms with Gasteiger partial charge in [-0.05, 0) is 24.5 Å². The van der Waals surface area contributed by atoms with Gasteiger partial charge in [-0.1, -0.05) is 37.3 Å². The fourth-order valence-corrected chi connectivity index (χ4v) is 2.33. The summed E-state index contributed by atoms with van der Waals surface area (Å²) in [6.45, 7) is 4.94. The number of ketones is 1. The molecule has 0 saturated heterocycles. The van der Waals surface area contributed by atoms with Crippen molar-refractivity contribution in [3.05, 3.63) is 53.9 Å². The van der Waals surface area contributed by atoms with Crippen LogP contribution in [0.3, 0.4) is 0 Å². The summed E-state index contributed by atoms with van der Waals surface area (Å²) in [4.78, 5) is 12.4. The Bertz CT molecular complexity index is 531. The molecule has 1 unspecified atom stereocenters. The van der Waals surface area contributed by atoms with Crippen LogP contribution in [0.2, 0.25) is 0 Å². The number of carbonyl (C=O) groups excluding carboxylic acids is 1. The van der Waals surface area contributed by atoms with E-state index < -0.39 is 0 Å². The van der Waals surface area contributed by atoms with Gasteiger partial charge in [-0.2, -0.15) is 5.10 Å². The maximum atomic E-state index is 12.4. The number of nitrogens with zero attached hydrogens (tertiary/aromatic N) is 2. The molecular formula is C16H20N2O. The van der Waals surface area contributed by atoms with Crippen LogP contribution in [0.1, 0.15) is 37.3 Å². The van der Waals surface area contributed by atoms with Crippen LogP contribution >= 0.6 is 0 Å². The predicted molar refractivity (Wildman–Crippen MR) is 76.1 cm³/mol. The van der Waals surface area contributed by atoms with Crippen molar-refractivity contribution in [2.45, 2.75) is 39.2 Å². The monoisotopic (exact) mass is 256 g/mol. The van der Waals surface area contributed by atoms with Crippen molar-refractivity contribution in [2.75, 3.05) is 0 Å². The fraction of sp³-hybridized carbons (Fsp3) is 0.375. The van der Waals surface area contributed by atoms with Gasteiger partial charge in [0.2, 0.25) is 0 Å². The lowest BCUT2D eigenvalue weighted by atomic mass is 9.90. The van der Waals surface area contributed by atoms with Gasteiger partial charge in [-0.25, -0.2) is 0 Å². The van der Waals surface area contributed by atoms with Gasteiger partial charge in [0.1, 0.15) is 5.78 Å². The Morgan fingerprint density at radius 2 is 2.00 bits per heavy atom. The fourth-order valence-electron chi connectivity index (χ4n) is 2.33. The van der Waals surface area contributed by atoms with E-state index >= 15 is 0 Å². The highest BCUT2D eigenvalue weighted by Gasteiger charge is 2.19. The van der Waals surface area contributed by atoms with Crippen LogP contribution in [0.15, 0.2) is 42.7 Å². The minimum Gasteiger partial charge on any atom is -0.299 e. The van der Waals surface area contributed by atoms with E-state index in [1.807, 2.05) is 48.1 Å². The summed E-state index contributed by atoms with van der Waals surface area (Å²) >= 11 is 0. The van der Waals surface area contributed by atoms with Gasteiger partial charge in [0.05, 0.1) is 6.20 Å². The largest absolute Gasteiger partial charge is 0.299 e. The third-order valence-corrected chi connectivity index (χ3v) is 3.39. The number of aromatic nitrogens is 2. The van der Waals surface area contributed by atoms with Crippen LogP contribution in [0.25, 0.3) is 0 Å². The topological polar surface area (TPSA) is 34.9 Å². The highest BCUT2D eigenvalue weighted by molar-refractivity contribution is 5.87. The van der Waals surface area contributed by atoms with Crippen LogP contribution in [0.5, 0.6) is 0 Å². The second-order valence-electron chi connectivity index (χ2n) is 4.72. The molecule has 0 saturated carbocycles. The minimum absolute atomic E-state index is 0.00817. The van der Waals surface area contributed by atoms with Crippen molar-refractivity contribution >= 4 is 5.78 Å². The lowest BCUT2D eigenvalue weighted by Crippen LogP contribution is -2.14. The van der Waals surface area contributed by atoms with Crippen molar-refractivity contribution < 1.29 is 4.79 Å². The zero-order valence-corrected chi connectivity index (χ0v) is 11.5. The molecule has 100 valence electrons. The standard InChI is InChI=1S/C16H20N2O/c1-3-15(14-8-6-5-7-9-14)16(19)10-13-11-17-18(4-2)12-13/h5-9,11-12,15H,3-4,10H2,1-2H3. The molecule has 0 aliphatic rings. The van der Waals surface area contributed by atoms with E-state index in [-0.39, 0.29) is 11.7 Å². The van der Waals surface area contributed by atoms with E-state index in [0.29, 0.717) is 6.42 Å². The number of hydrogen-bond acceptors (Lipinski definition) is 2. The Morgan fingerprint density at radius 1 is 1.26 bits per heavy atom. The first-order chi connectivity index (χ1) is 9.24. The molecule has 1 aromatic heterocycles. The van der Waals surface area contributed by atoms with Gasteiger partial charge in [0.25, 0.3) is 0 Å². The summed E-state index contributed by atoms with van der Waals surface area (Å²) in [5.41, 5.74) is 2.11. The SMILES string of the molecule is CCC(C(=O)Cc1cnn(CC)c1)c1ccccc1. The molecule has 2 rings (SSSR count). The first kappa shape index (κ1) is 13.5. The number of rotatable bonds is 6. The minimum atomic E-state index is -0.00817. The molecule has 1 heterocycles. The van der Waals surface area contributed by atoms with E-state index in [1.54, 1.807) is 6.20 Å². The van der Waals surface area contributed by atoms with Crippen LogP contribution in [0.4, 0.5) is 0 Å². The molecule has 2 aromatic rings. The molecule has 0 N–H and O–H groups in total. The number of benzene rings is 1. The van der Waals surface area contributed by atoms with Crippen molar-refractivity contribution in [1.82, 2.24) is 9.78 Å². The second kappa shape index (κ2) is 6.32. The molecule has 1 atom stereocenters. The summed E-state index contributed by atoms with van der Waals surface area (Å²) < 4.78 is 1.85. The molecule has 1 aromatic carbocycles. The first-order valence-corrected chi connectivity index (χ1v) is 6.83. The Labute approximate surface area is 114 Å². The lowest BCUT2D eigenvalue weighted by Gasteiger charge is -2.13. The first-order valence-electron chi connectivity index (χ1n) is 6.83. The van der Waals surface area contributed by atoms with E-state index in [2.05, 4.69) is 12.0 Å². The maximum Gasteiger partial charge on any atom is 0.144 e. The van der Waals surface area contributed by atoms with Crippen molar-refractivity contribution in [2.24, 2.45) is 0 Å². The molecule has 3 nitrogen and oxygen atoms in total. The number of Topliss-reactive ketones (excluding diaryl/α,β-unsaturated/α-hetero) is 1. The summed E-state index contributed by atoms with van der Waals surface area (Å²) in [7, 11) is 0. The van der Waals surface area contributed by atoms with Gasteiger partial charge in [-0.15, -0.1) is 0 Å². The van der Waals surface area contributed by atoms with E-state index in [0.717, 1.165) is 24.1 Å². The molecule has 3 heteroatoms. The Balaban J connectivity index is 2.09. The summed E-state index contributed by atoms with van der Waals surface area (Å²) in [6.07, 6.45) is 5.05. The Kier molecular flexibility index (Phi) is 4.50. The quantitative estimate of drug-likeness (QED) is 0.795. The average molecular weight is 256 g/mol. The van der Waals surface area contributed by atoms with Crippen LogP contribution in [-0.4, -0.2) is 15.6 Å². The van der Waals surface area contributed by atoms with Gasteiger partial charge in [0.15, 0.2) is 0 Å². The molecule has 0 bridgehead atoms. The maximum absolute atomic E-state index is 12.4. The van der Waals surface area contributed by atoms with E-state index in [4.69, 9.17) is 0 Å². The van der Waals surface area contributed by atoms with E-state index in [9.17, 15) is 4.79 Å². The van der Waals surface area contributed by atoms with Gasteiger partial charge >= 0.3 is 0 Å².